The first-order chi connectivity index (χ1) is 25.3. The molecule has 1 aliphatic heterocycles. The van der Waals surface area contributed by atoms with Crippen LogP contribution in [0, 0.1) is 0 Å². The molecular weight excluding hydrogens is 692 g/mol. The van der Waals surface area contributed by atoms with Gasteiger partial charge in [-0.2, -0.15) is 0 Å². The molecule has 2 aromatic rings. The normalized spacial score (nSPS) is 14.8. The van der Waals surface area contributed by atoms with Crippen molar-refractivity contribution in [3.05, 3.63) is 66.0 Å². The number of aryl methyl sites for hydroxylation is 1. The topological polar surface area (TPSA) is 109 Å². The van der Waals surface area contributed by atoms with Gasteiger partial charge in [-0.15, -0.1) is 0 Å². The highest BCUT2D eigenvalue weighted by Crippen LogP contribution is 2.29. The van der Waals surface area contributed by atoms with E-state index in [0.29, 0.717) is 25.1 Å². The molecule has 1 fully saturated rings. The van der Waals surface area contributed by atoms with E-state index in [2.05, 4.69) is 12.2 Å². The molecule has 0 radical (unpaired) electrons. The zero-order valence-electron chi connectivity index (χ0n) is 32.6. The Morgan fingerprint density at radius 2 is 1.26 bits per heavy atom. The molecule has 0 spiro atoms. The van der Waals surface area contributed by atoms with Crippen LogP contribution in [-0.4, -0.2) is 65.6 Å². The smallest absolute Gasteiger partial charge is 0.417 e. The Balaban J connectivity index is 0.00000972. The number of amides is 4. The number of likely N-dealkylation sites (tertiary alicyclic amines) is 1. The van der Waals surface area contributed by atoms with Crippen LogP contribution in [0.1, 0.15) is 146 Å². The average Bonchev–Trinajstić information content (AvgIpc) is 3.14. The Hall–Kier alpha value is -3.66. The molecule has 0 saturated carbocycles. The predicted molar refractivity (Wildman–Crippen MR) is 204 cm³/mol. The first-order valence-electron chi connectivity index (χ1n) is 20.1. The number of ether oxygens (including phenoxy) is 2. The number of hydrogen-bond acceptors (Lipinski definition) is 6. The van der Waals surface area contributed by atoms with Crippen LogP contribution < -0.4 is 22.3 Å². The minimum Gasteiger partial charge on any atom is -1.00 e. The summed E-state index contributed by atoms with van der Waals surface area (Å²) in [6.45, 7) is 6.87. The molecule has 2 heterocycles. The second-order valence-electron chi connectivity index (χ2n) is 14.1. The van der Waals surface area contributed by atoms with Crippen LogP contribution >= 0.6 is 0 Å². The monoisotopic (exact) mass is 756 g/mol. The summed E-state index contributed by atoms with van der Waals surface area (Å²) in [6.07, 6.45) is 21.9. The molecule has 1 aromatic carbocycles. The largest absolute Gasteiger partial charge is 1.00 e. The molecule has 53 heavy (non-hydrogen) atoms. The molecule has 10 nitrogen and oxygen atoms in total. The van der Waals surface area contributed by atoms with Crippen molar-refractivity contribution in [3.63, 3.8) is 0 Å². The molecule has 0 bridgehead atoms. The second kappa shape index (κ2) is 27.0. The summed E-state index contributed by atoms with van der Waals surface area (Å²) in [5.41, 5.74) is 1.29. The number of alkyl carbamates (subject to hydrolysis) is 1. The fourth-order valence-corrected chi connectivity index (χ4v) is 6.82. The van der Waals surface area contributed by atoms with E-state index in [1.165, 1.54) is 96.8 Å². The average molecular weight is 757 g/mol. The number of pyridine rings is 1. The number of carbonyl (C=O) groups excluding carboxylic acids is 4. The van der Waals surface area contributed by atoms with Gasteiger partial charge in [0.05, 0.1) is 12.1 Å². The molecule has 0 unspecified atom stereocenters. The lowest BCUT2D eigenvalue weighted by Crippen LogP contribution is -3.00. The summed E-state index contributed by atoms with van der Waals surface area (Å²) in [4.78, 5) is 54.1. The van der Waals surface area contributed by atoms with Crippen molar-refractivity contribution in [2.24, 2.45) is 0 Å². The van der Waals surface area contributed by atoms with Gasteiger partial charge in [-0.3, -0.25) is 9.59 Å². The van der Waals surface area contributed by atoms with Gasteiger partial charge >= 0.3 is 12.2 Å². The van der Waals surface area contributed by atoms with Crippen LogP contribution in [0.3, 0.4) is 0 Å². The molecule has 1 N–H and O–H groups in total. The number of aromatic nitrogens is 1. The van der Waals surface area contributed by atoms with Gasteiger partial charge in [-0.25, -0.2) is 19.1 Å². The van der Waals surface area contributed by atoms with Crippen LogP contribution in [-0.2, 0) is 27.4 Å². The second-order valence-corrected chi connectivity index (χ2v) is 14.1. The lowest BCUT2D eigenvalue weighted by Gasteiger charge is -2.47. The first-order valence-corrected chi connectivity index (χ1v) is 20.1. The van der Waals surface area contributed by atoms with E-state index in [-0.39, 0.29) is 44.1 Å². The van der Waals surface area contributed by atoms with Crippen LogP contribution in [0.15, 0.2) is 54.7 Å². The van der Waals surface area contributed by atoms with E-state index in [9.17, 15) is 19.2 Å². The van der Waals surface area contributed by atoms with Crippen LogP contribution in [0.5, 0.6) is 0 Å². The third kappa shape index (κ3) is 16.9. The first kappa shape index (κ1) is 45.5. The van der Waals surface area contributed by atoms with E-state index in [0.717, 1.165) is 23.4 Å². The Kier molecular flexibility index (Phi) is 23.2. The highest BCUT2D eigenvalue weighted by molar-refractivity contribution is 5.95. The highest BCUT2D eigenvalue weighted by Gasteiger charge is 2.43. The van der Waals surface area contributed by atoms with Gasteiger partial charge in [0.15, 0.2) is 6.20 Å². The molecule has 2 atom stereocenters. The lowest BCUT2D eigenvalue weighted by molar-refractivity contribution is -0.701. The van der Waals surface area contributed by atoms with Crippen molar-refractivity contribution in [1.29, 1.82) is 0 Å². The Morgan fingerprint density at radius 3 is 1.81 bits per heavy atom. The number of rotatable bonds is 25. The summed E-state index contributed by atoms with van der Waals surface area (Å²) in [7, 11) is 0. The number of nitrogens with zero attached hydrogens (tertiary/aromatic N) is 3. The van der Waals surface area contributed by atoms with E-state index in [4.69, 9.17) is 9.47 Å². The molecule has 4 amide bonds. The van der Waals surface area contributed by atoms with Gasteiger partial charge in [0, 0.05) is 31.2 Å². The summed E-state index contributed by atoms with van der Waals surface area (Å²) in [5, 5.41) is 2.84. The fraction of sp³-hybridized carbons (Fsp3) is 0.643. The third-order valence-electron chi connectivity index (χ3n) is 9.99. The van der Waals surface area contributed by atoms with Gasteiger partial charge in [0.1, 0.15) is 26.3 Å². The van der Waals surface area contributed by atoms with Gasteiger partial charge in [-0.1, -0.05) is 128 Å². The van der Waals surface area contributed by atoms with Crippen LogP contribution in [0.25, 0.3) is 0 Å². The molecule has 0 aliphatic carbocycles. The minimum absolute atomic E-state index is 0. The molecule has 3 rings (SSSR count). The Labute approximate surface area is 324 Å². The summed E-state index contributed by atoms with van der Waals surface area (Å²) >= 11 is 0. The zero-order chi connectivity index (χ0) is 37.4. The highest BCUT2D eigenvalue weighted by atomic mass is 35.5. The van der Waals surface area contributed by atoms with E-state index in [1.54, 1.807) is 29.2 Å². The predicted octanol–water partition coefficient (Wildman–Crippen LogP) is 5.75. The number of halogens is 1. The number of benzene rings is 1. The van der Waals surface area contributed by atoms with Gasteiger partial charge < -0.3 is 32.1 Å². The van der Waals surface area contributed by atoms with Crippen molar-refractivity contribution in [1.82, 2.24) is 15.1 Å². The maximum absolute atomic E-state index is 13.5. The minimum atomic E-state index is -0.765. The molecule has 1 aliphatic rings. The quantitative estimate of drug-likeness (QED) is 0.102. The number of imide groups is 1. The van der Waals surface area contributed by atoms with Gasteiger partial charge in [0.2, 0.25) is 11.6 Å². The standard InChI is InChI=1S/C42H64N4O6.ClH/c1-4-6-7-8-9-10-11-12-13-14-15-16-17-18-19-24-29-43-41(49)51-33-38-31-39(46(38)40(48)36-26-21-20-22-27-36)34-52-42(50)45(35(3)47)32-37-28-23-25-30-44(37)5-2;/h20-23,25-28,30,38-39H,4-19,24,29,31-34H2,1-3H3;1H/t38-,39-;/m1./s1. The fourth-order valence-electron chi connectivity index (χ4n) is 6.82. The van der Waals surface area contributed by atoms with Gasteiger partial charge in [-0.05, 0) is 31.9 Å². The summed E-state index contributed by atoms with van der Waals surface area (Å²) in [5.74, 6) is -0.661. The van der Waals surface area contributed by atoms with Crippen LogP contribution in [0.2, 0.25) is 0 Å². The number of hydrogen-bond donors (Lipinski definition) is 1. The van der Waals surface area contributed by atoms with Crippen molar-refractivity contribution < 1.29 is 45.6 Å². The summed E-state index contributed by atoms with van der Waals surface area (Å²) < 4.78 is 13.1. The van der Waals surface area contributed by atoms with Crippen molar-refractivity contribution in [2.45, 2.75) is 155 Å². The number of unbranched alkanes of at least 4 members (excludes halogenated alkanes) is 15. The third-order valence-corrected chi connectivity index (χ3v) is 9.99. The van der Waals surface area contributed by atoms with E-state index < -0.39 is 24.1 Å². The molecule has 11 heteroatoms. The molecule has 1 saturated heterocycles. The zero-order valence-corrected chi connectivity index (χ0v) is 33.3. The maximum Gasteiger partial charge on any atom is 0.417 e. The number of nitrogens with one attached hydrogen (secondary N) is 1. The molecule has 1 aromatic heterocycles. The summed E-state index contributed by atoms with van der Waals surface area (Å²) in [6, 6.07) is 13.7. The van der Waals surface area contributed by atoms with Crippen molar-refractivity contribution in [3.8, 4) is 0 Å². The lowest BCUT2D eigenvalue weighted by atomic mass is 9.92. The van der Waals surface area contributed by atoms with Crippen molar-refractivity contribution >= 4 is 24.0 Å². The maximum atomic E-state index is 13.5. The van der Waals surface area contributed by atoms with Crippen LogP contribution in [0.4, 0.5) is 9.59 Å². The van der Waals surface area contributed by atoms with Gasteiger partial charge in [0.25, 0.3) is 5.91 Å². The molecule has 296 valence electrons. The molecular formula is C42H65ClN4O6. The number of carbonyl (C=O) groups is 4. The Morgan fingerprint density at radius 1 is 0.736 bits per heavy atom. The Bertz CT molecular complexity index is 1350. The van der Waals surface area contributed by atoms with Crippen molar-refractivity contribution in [2.75, 3.05) is 19.8 Å². The van der Waals surface area contributed by atoms with E-state index >= 15 is 0 Å². The van der Waals surface area contributed by atoms with E-state index in [1.807, 2.05) is 42.0 Å². The SMILES string of the molecule is CCCCCCCCCCCCCCCCCCNC(=O)OC[C@H]1C[C@H](COC(=O)N(Cc2cccc[n+]2CC)C(C)=O)N1C(=O)c1ccccc1.[Cl-].